The maximum Gasteiger partial charge on any atom is 0.257 e. The van der Waals surface area contributed by atoms with Gasteiger partial charge < -0.3 is 9.84 Å². The molecule has 0 spiro atoms. The van der Waals surface area contributed by atoms with Gasteiger partial charge >= 0.3 is 0 Å². The largest absolute Gasteiger partial charge is 0.353 e. The molecule has 2 rings (SSSR count). The Kier molecular flexibility index (Phi) is 7.13. The third-order valence-corrected chi connectivity index (χ3v) is 3.98. The predicted molar refractivity (Wildman–Crippen MR) is 104 cm³/mol. The van der Waals surface area contributed by atoms with Crippen molar-refractivity contribution in [3.05, 3.63) is 41.7 Å². The standard InChI is InChI=1S/C21H29N3O2/c1-5-6-7-18-23-20(26-24-18)17-11-8-16(9-12-17)10-13-19(25)22-15-14-21(2,3)4/h8-13H,5-7,14-15H2,1-4H3,(H,22,25)/b13-10+. The summed E-state index contributed by atoms with van der Waals surface area (Å²) in [6.45, 7) is 9.30. The van der Waals surface area contributed by atoms with Gasteiger partial charge in [-0.05, 0) is 42.0 Å². The smallest absolute Gasteiger partial charge is 0.257 e. The highest BCUT2D eigenvalue weighted by Crippen LogP contribution is 2.19. The lowest BCUT2D eigenvalue weighted by Gasteiger charge is -2.17. The number of aromatic nitrogens is 2. The first-order valence-electron chi connectivity index (χ1n) is 9.26. The SMILES string of the molecule is CCCCc1noc(-c2ccc(/C=C/C(=O)NCCC(C)(C)C)cc2)n1. The van der Waals surface area contributed by atoms with Gasteiger partial charge in [0.25, 0.3) is 5.89 Å². The lowest BCUT2D eigenvalue weighted by atomic mass is 9.92. The molecule has 5 heteroatoms. The molecule has 26 heavy (non-hydrogen) atoms. The summed E-state index contributed by atoms with van der Waals surface area (Å²) >= 11 is 0. The number of carbonyl (C=O) groups is 1. The monoisotopic (exact) mass is 355 g/mol. The fraction of sp³-hybridized carbons (Fsp3) is 0.476. The van der Waals surface area contributed by atoms with Crippen molar-refractivity contribution >= 4 is 12.0 Å². The number of carbonyl (C=O) groups excluding carboxylic acids is 1. The van der Waals surface area contributed by atoms with Gasteiger partial charge in [0.1, 0.15) is 0 Å². The van der Waals surface area contributed by atoms with Gasteiger partial charge in [0.2, 0.25) is 5.91 Å². The summed E-state index contributed by atoms with van der Waals surface area (Å²) in [6.07, 6.45) is 7.32. The zero-order valence-corrected chi connectivity index (χ0v) is 16.2. The van der Waals surface area contributed by atoms with Gasteiger partial charge in [-0.15, -0.1) is 0 Å². The van der Waals surface area contributed by atoms with Crippen molar-refractivity contribution in [3.8, 4) is 11.5 Å². The van der Waals surface area contributed by atoms with Crippen molar-refractivity contribution in [3.63, 3.8) is 0 Å². The molecule has 0 saturated heterocycles. The second-order valence-corrected chi connectivity index (χ2v) is 7.68. The third kappa shape index (κ3) is 6.82. The molecule has 0 bridgehead atoms. The van der Waals surface area contributed by atoms with Crippen molar-refractivity contribution in [2.75, 3.05) is 6.54 Å². The van der Waals surface area contributed by atoms with Gasteiger partial charge in [0.05, 0.1) is 0 Å². The minimum absolute atomic E-state index is 0.0733. The van der Waals surface area contributed by atoms with Crippen LogP contribution in [0.2, 0.25) is 0 Å². The normalized spacial score (nSPS) is 11.8. The summed E-state index contributed by atoms with van der Waals surface area (Å²) in [6, 6.07) is 7.72. The fourth-order valence-electron chi connectivity index (χ4n) is 2.34. The Balaban J connectivity index is 1.88. The quantitative estimate of drug-likeness (QED) is 0.700. The zero-order chi connectivity index (χ0) is 19.0. The lowest BCUT2D eigenvalue weighted by Crippen LogP contribution is -2.25. The van der Waals surface area contributed by atoms with Crippen LogP contribution in [0.15, 0.2) is 34.9 Å². The van der Waals surface area contributed by atoms with Crippen LogP contribution < -0.4 is 5.32 Å². The van der Waals surface area contributed by atoms with E-state index in [-0.39, 0.29) is 11.3 Å². The molecular formula is C21H29N3O2. The highest BCUT2D eigenvalue weighted by Gasteiger charge is 2.10. The summed E-state index contributed by atoms with van der Waals surface area (Å²) in [5, 5.41) is 6.91. The first kappa shape index (κ1) is 19.9. The number of hydrogen-bond donors (Lipinski definition) is 1. The van der Waals surface area contributed by atoms with E-state index in [2.05, 4.69) is 43.2 Å². The van der Waals surface area contributed by atoms with Gasteiger partial charge in [-0.1, -0.05) is 51.4 Å². The van der Waals surface area contributed by atoms with Crippen molar-refractivity contribution < 1.29 is 9.32 Å². The molecule has 1 heterocycles. The van der Waals surface area contributed by atoms with Crippen LogP contribution in [0.1, 0.15) is 58.3 Å². The van der Waals surface area contributed by atoms with Crippen LogP contribution in [0, 0.1) is 5.41 Å². The summed E-state index contributed by atoms with van der Waals surface area (Å²) in [5.74, 6) is 1.21. The Bertz CT molecular complexity index is 724. The number of benzene rings is 1. The third-order valence-electron chi connectivity index (χ3n) is 3.98. The van der Waals surface area contributed by atoms with Crippen molar-refractivity contribution in [2.45, 2.75) is 53.4 Å². The van der Waals surface area contributed by atoms with Crippen molar-refractivity contribution in [2.24, 2.45) is 5.41 Å². The number of rotatable bonds is 8. The van der Waals surface area contributed by atoms with E-state index >= 15 is 0 Å². The molecule has 0 aliphatic heterocycles. The highest BCUT2D eigenvalue weighted by atomic mass is 16.5. The average molecular weight is 355 g/mol. The molecule has 5 nitrogen and oxygen atoms in total. The number of aryl methyl sites for hydroxylation is 1. The van der Waals surface area contributed by atoms with E-state index in [1.54, 1.807) is 12.2 Å². The molecule has 1 amide bonds. The van der Waals surface area contributed by atoms with Crippen LogP contribution in [0.4, 0.5) is 0 Å². The van der Waals surface area contributed by atoms with Gasteiger partial charge in [-0.3, -0.25) is 4.79 Å². The Labute approximate surface area is 155 Å². The zero-order valence-electron chi connectivity index (χ0n) is 16.2. The van der Waals surface area contributed by atoms with Crippen molar-refractivity contribution in [1.82, 2.24) is 15.5 Å². The molecule has 140 valence electrons. The Morgan fingerprint density at radius 2 is 1.96 bits per heavy atom. The van der Waals surface area contributed by atoms with Gasteiger partial charge in [-0.25, -0.2) is 0 Å². The first-order chi connectivity index (χ1) is 12.4. The van der Waals surface area contributed by atoms with Crippen LogP contribution in [0.5, 0.6) is 0 Å². The van der Waals surface area contributed by atoms with E-state index in [0.29, 0.717) is 12.4 Å². The van der Waals surface area contributed by atoms with E-state index in [9.17, 15) is 4.79 Å². The Morgan fingerprint density at radius 1 is 1.23 bits per heavy atom. The van der Waals surface area contributed by atoms with Crippen LogP contribution in [0.25, 0.3) is 17.5 Å². The predicted octanol–water partition coefficient (Wildman–Crippen LogP) is 4.64. The summed E-state index contributed by atoms with van der Waals surface area (Å²) < 4.78 is 5.31. The van der Waals surface area contributed by atoms with Gasteiger partial charge in [0.15, 0.2) is 5.82 Å². The van der Waals surface area contributed by atoms with Crippen LogP contribution in [-0.2, 0) is 11.2 Å². The van der Waals surface area contributed by atoms with Gasteiger partial charge in [0, 0.05) is 24.6 Å². The maximum atomic E-state index is 11.8. The molecule has 0 unspecified atom stereocenters. The first-order valence-corrected chi connectivity index (χ1v) is 9.26. The van der Waals surface area contributed by atoms with Crippen molar-refractivity contribution in [1.29, 1.82) is 0 Å². The minimum Gasteiger partial charge on any atom is -0.353 e. The minimum atomic E-state index is -0.0733. The van der Waals surface area contributed by atoms with E-state index in [0.717, 1.165) is 42.6 Å². The summed E-state index contributed by atoms with van der Waals surface area (Å²) in [4.78, 5) is 16.3. The molecule has 2 aromatic rings. The van der Waals surface area contributed by atoms with Gasteiger partial charge in [-0.2, -0.15) is 4.98 Å². The maximum absolute atomic E-state index is 11.8. The van der Waals surface area contributed by atoms with Crippen LogP contribution in [0.3, 0.4) is 0 Å². The Hall–Kier alpha value is -2.43. The Morgan fingerprint density at radius 3 is 2.62 bits per heavy atom. The number of hydrogen-bond acceptors (Lipinski definition) is 4. The molecule has 1 aromatic carbocycles. The second kappa shape index (κ2) is 9.32. The number of nitrogens with one attached hydrogen (secondary N) is 1. The van der Waals surface area contributed by atoms with E-state index in [1.807, 2.05) is 24.3 Å². The molecule has 1 aromatic heterocycles. The summed E-state index contributed by atoms with van der Waals surface area (Å²) in [7, 11) is 0. The highest BCUT2D eigenvalue weighted by molar-refractivity contribution is 5.91. The lowest BCUT2D eigenvalue weighted by molar-refractivity contribution is -0.116. The number of nitrogens with zero attached hydrogens (tertiary/aromatic N) is 2. The molecule has 0 aliphatic rings. The molecule has 0 fully saturated rings. The van der Waals surface area contributed by atoms with Crippen LogP contribution in [-0.4, -0.2) is 22.6 Å². The molecule has 0 radical (unpaired) electrons. The fourth-order valence-corrected chi connectivity index (χ4v) is 2.34. The number of unbranched alkanes of at least 4 members (excludes halogenated alkanes) is 1. The van der Waals surface area contributed by atoms with Crippen LogP contribution >= 0.6 is 0 Å². The topological polar surface area (TPSA) is 68.0 Å². The van der Waals surface area contributed by atoms with E-state index in [1.165, 1.54) is 0 Å². The van der Waals surface area contributed by atoms with E-state index in [4.69, 9.17) is 4.52 Å². The molecule has 0 atom stereocenters. The molecule has 0 saturated carbocycles. The number of amides is 1. The summed E-state index contributed by atoms with van der Waals surface area (Å²) in [5.41, 5.74) is 2.05. The van der Waals surface area contributed by atoms with E-state index < -0.39 is 0 Å². The molecule has 1 N–H and O–H groups in total. The molecular weight excluding hydrogens is 326 g/mol. The second-order valence-electron chi connectivity index (χ2n) is 7.68. The average Bonchev–Trinajstić information content (AvgIpc) is 3.06. The molecule has 0 aliphatic carbocycles.